The fourth-order valence-corrected chi connectivity index (χ4v) is 2.92. The number of aromatic nitrogens is 1. The Hall–Kier alpha value is -1.81. The van der Waals surface area contributed by atoms with E-state index < -0.39 is 0 Å². The van der Waals surface area contributed by atoms with Crippen molar-refractivity contribution < 1.29 is 0 Å². The lowest BCUT2D eigenvalue weighted by Crippen LogP contribution is -2.13. The molecule has 1 heterocycles. The van der Waals surface area contributed by atoms with E-state index in [-0.39, 0.29) is 0 Å². The molecule has 0 amide bonds. The summed E-state index contributed by atoms with van der Waals surface area (Å²) < 4.78 is 0. The lowest BCUT2D eigenvalue weighted by molar-refractivity contribution is 0.685. The number of hydrogen-bond acceptors (Lipinski definition) is 3. The standard InChI is InChI=1S/C20H19ClN2S.C2H6/c21-19-6-3-15(4-7-19)12-23-14-18-11-16(5-8-20(18)24)10-17-2-1-9-22-13-17;1-2/h1-9,11,13,23-24H,10,12,14H2;1-2H3. The summed E-state index contributed by atoms with van der Waals surface area (Å²) in [4.78, 5) is 5.18. The number of nitrogens with zero attached hydrogens (tertiary/aromatic N) is 1. The maximum Gasteiger partial charge on any atom is 0.0406 e. The van der Waals surface area contributed by atoms with Gasteiger partial charge in [-0.3, -0.25) is 4.98 Å². The van der Waals surface area contributed by atoms with Crippen molar-refractivity contribution in [2.45, 2.75) is 38.3 Å². The van der Waals surface area contributed by atoms with Crippen molar-refractivity contribution in [3.63, 3.8) is 0 Å². The highest BCUT2D eigenvalue weighted by molar-refractivity contribution is 7.80. The van der Waals surface area contributed by atoms with Crippen molar-refractivity contribution in [1.29, 1.82) is 0 Å². The van der Waals surface area contributed by atoms with E-state index in [0.29, 0.717) is 0 Å². The van der Waals surface area contributed by atoms with Crippen LogP contribution in [-0.4, -0.2) is 4.98 Å². The molecule has 0 saturated carbocycles. The van der Waals surface area contributed by atoms with Crippen LogP contribution in [0.15, 0.2) is 71.9 Å². The van der Waals surface area contributed by atoms with E-state index in [0.717, 1.165) is 29.4 Å². The molecule has 26 heavy (non-hydrogen) atoms. The van der Waals surface area contributed by atoms with Gasteiger partial charge in [0.2, 0.25) is 0 Å². The highest BCUT2D eigenvalue weighted by Gasteiger charge is 2.03. The molecule has 0 unspecified atom stereocenters. The molecule has 2 aromatic carbocycles. The highest BCUT2D eigenvalue weighted by atomic mass is 35.5. The fraction of sp³-hybridized carbons (Fsp3) is 0.227. The van der Waals surface area contributed by atoms with Crippen molar-refractivity contribution in [2.75, 3.05) is 0 Å². The highest BCUT2D eigenvalue weighted by Crippen LogP contribution is 2.18. The van der Waals surface area contributed by atoms with Gasteiger partial charge >= 0.3 is 0 Å². The van der Waals surface area contributed by atoms with E-state index in [4.69, 9.17) is 11.6 Å². The SMILES string of the molecule is CC.Sc1ccc(Cc2cccnc2)cc1CNCc1ccc(Cl)cc1. The van der Waals surface area contributed by atoms with E-state index >= 15 is 0 Å². The van der Waals surface area contributed by atoms with Gasteiger partial charge in [0.05, 0.1) is 0 Å². The maximum atomic E-state index is 5.91. The lowest BCUT2D eigenvalue weighted by Gasteiger charge is -2.10. The molecular weight excluding hydrogens is 360 g/mol. The first-order valence-corrected chi connectivity index (χ1v) is 9.68. The van der Waals surface area contributed by atoms with Gasteiger partial charge in [0.25, 0.3) is 0 Å². The van der Waals surface area contributed by atoms with Gasteiger partial charge in [-0.1, -0.05) is 55.8 Å². The molecule has 136 valence electrons. The largest absolute Gasteiger partial charge is 0.309 e. The normalized spacial score (nSPS) is 10.2. The van der Waals surface area contributed by atoms with Crippen molar-refractivity contribution in [3.8, 4) is 0 Å². The second-order valence-electron chi connectivity index (χ2n) is 5.73. The minimum atomic E-state index is 0.763. The molecule has 0 spiro atoms. The molecule has 0 aliphatic carbocycles. The Bertz CT molecular complexity index is 789. The van der Waals surface area contributed by atoms with Gasteiger partial charge in [-0.2, -0.15) is 0 Å². The summed E-state index contributed by atoms with van der Waals surface area (Å²) in [5.74, 6) is 0. The third-order valence-electron chi connectivity index (χ3n) is 3.83. The number of hydrogen-bond donors (Lipinski definition) is 2. The number of rotatable bonds is 6. The van der Waals surface area contributed by atoms with Crippen LogP contribution in [0.4, 0.5) is 0 Å². The summed E-state index contributed by atoms with van der Waals surface area (Å²) >= 11 is 10.5. The molecule has 0 atom stereocenters. The molecule has 2 nitrogen and oxygen atoms in total. The molecule has 3 aromatic rings. The Morgan fingerprint density at radius 3 is 2.35 bits per heavy atom. The van der Waals surface area contributed by atoms with Crippen LogP contribution in [0, 0.1) is 0 Å². The number of pyridine rings is 1. The molecule has 0 bridgehead atoms. The van der Waals surface area contributed by atoms with E-state index in [1.807, 2.05) is 50.4 Å². The second-order valence-corrected chi connectivity index (χ2v) is 6.65. The van der Waals surface area contributed by atoms with Crippen LogP contribution < -0.4 is 5.32 Å². The first kappa shape index (κ1) is 20.5. The fourth-order valence-electron chi connectivity index (χ4n) is 2.57. The summed E-state index contributed by atoms with van der Waals surface area (Å²) in [5.41, 5.74) is 4.90. The van der Waals surface area contributed by atoms with E-state index in [2.05, 4.69) is 47.2 Å². The molecule has 0 saturated heterocycles. The molecule has 3 rings (SSSR count). The van der Waals surface area contributed by atoms with Gasteiger partial charge in [0.15, 0.2) is 0 Å². The Balaban J connectivity index is 0.00000117. The van der Waals surface area contributed by atoms with Crippen LogP contribution in [0.5, 0.6) is 0 Å². The minimum absolute atomic E-state index is 0.763. The summed E-state index contributed by atoms with van der Waals surface area (Å²) in [7, 11) is 0. The molecule has 4 heteroatoms. The van der Waals surface area contributed by atoms with Gasteiger partial charge in [-0.15, -0.1) is 12.6 Å². The van der Waals surface area contributed by atoms with Gasteiger partial charge in [-0.25, -0.2) is 0 Å². The molecule has 0 aliphatic rings. The van der Waals surface area contributed by atoms with E-state index in [1.165, 1.54) is 22.3 Å². The van der Waals surface area contributed by atoms with Crippen molar-refractivity contribution in [2.24, 2.45) is 0 Å². The Morgan fingerprint density at radius 2 is 1.65 bits per heavy atom. The molecular formula is C22H25ClN2S. The number of halogens is 1. The summed E-state index contributed by atoms with van der Waals surface area (Å²) in [6.07, 6.45) is 4.59. The first-order valence-electron chi connectivity index (χ1n) is 8.85. The number of benzene rings is 2. The zero-order valence-electron chi connectivity index (χ0n) is 15.2. The zero-order chi connectivity index (χ0) is 18.8. The van der Waals surface area contributed by atoms with Gasteiger partial charge in [0, 0.05) is 35.4 Å². The quantitative estimate of drug-likeness (QED) is 0.515. The molecule has 1 N–H and O–H groups in total. The average molecular weight is 385 g/mol. The van der Waals surface area contributed by atoms with E-state index in [1.54, 1.807) is 6.20 Å². The molecule has 0 radical (unpaired) electrons. The Kier molecular flexibility index (Phi) is 8.69. The van der Waals surface area contributed by atoms with Crippen LogP contribution in [0.2, 0.25) is 5.02 Å². The smallest absolute Gasteiger partial charge is 0.0406 e. The molecule has 0 aliphatic heterocycles. The van der Waals surface area contributed by atoms with Crippen LogP contribution in [0.25, 0.3) is 0 Å². The minimum Gasteiger partial charge on any atom is -0.309 e. The van der Waals surface area contributed by atoms with Crippen LogP contribution in [-0.2, 0) is 19.5 Å². The predicted octanol–water partition coefficient (Wildman–Crippen LogP) is 5.93. The molecule has 1 aromatic heterocycles. The van der Waals surface area contributed by atoms with Crippen LogP contribution in [0.1, 0.15) is 36.1 Å². The second kappa shape index (κ2) is 11.0. The summed E-state index contributed by atoms with van der Waals surface area (Å²) in [5, 5.41) is 4.23. The van der Waals surface area contributed by atoms with Crippen molar-refractivity contribution >= 4 is 24.2 Å². The summed E-state index contributed by atoms with van der Waals surface area (Å²) in [6, 6.07) is 18.4. The Morgan fingerprint density at radius 1 is 0.923 bits per heavy atom. The topological polar surface area (TPSA) is 24.9 Å². The predicted molar refractivity (Wildman–Crippen MR) is 114 cm³/mol. The average Bonchev–Trinajstić information content (AvgIpc) is 2.68. The lowest BCUT2D eigenvalue weighted by atomic mass is 10.0. The van der Waals surface area contributed by atoms with Gasteiger partial charge in [-0.05, 0) is 52.9 Å². The van der Waals surface area contributed by atoms with Crippen molar-refractivity contribution in [3.05, 3.63) is 94.3 Å². The number of thiol groups is 1. The van der Waals surface area contributed by atoms with Gasteiger partial charge < -0.3 is 5.32 Å². The zero-order valence-corrected chi connectivity index (χ0v) is 16.9. The van der Waals surface area contributed by atoms with E-state index in [9.17, 15) is 0 Å². The monoisotopic (exact) mass is 384 g/mol. The third kappa shape index (κ3) is 6.49. The summed E-state index contributed by atoms with van der Waals surface area (Å²) in [6.45, 7) is 5.58. The number of nitrogens with one attached hydrogen (secondary N) is 1. The van der Waals surface area contributed by atoms with Gasteiger partial charge in [0.1, 0.15) is 0 Å². The maximum absolute atomic E-state index is 5.91. The molecule has 0 fully saturated rings. The van der Waals surface area contributed by atoms with Crippen LogP contribution in [0.3, 0.4) is 0 Å². The van der Waals surface area contributed by atoms with Crippen LogP contribution >= 0.6 is 24.2 Å². The Labute approximate surface area is 167 Å². The first-order chi connectivity index (χ1) is 12.7. The van der Waals surface area contributed by atoms with Crippen molar-refractivity contribution in [1.82, 2.24) is 10.3 Å². The third-order valence-corrected chi connectivity index (χ3v) is 4.52.